The lowest BCUT2D eigenvalue weighted by Crippen LogP contribution is -2.58. The van der Waals surface area contributed by atoms with Gasteiger partial charge in [-0.05, 0) is 19.8 Å². The zero-order valence-corrected chi connectivity index (χ0v) is 13.0. The van der Waals surface area contributed by atoms with Gasteiger partial charge < -0.3 is 15.5 Å². The van der Waals surface area contributed by atoms with E-state index in [-0.39, 0.29) is 10.9 Å². The van der Waals surface area contributed by atoms with Gasteiger partial charge in [-0.25, -0.2) is 13.4 Å². The number of aryl methyl sites for hydroxylation is 2. The molecule has 1 aromatic heterocycles. The lowest BCUT2D eigenvalue weighted by atomic mass is 9.82. The number of oxime groups is 1. The summed E-state index contributed by atoms with van der Waals surface area (Å²) in [5.41, 5.74) is 4.72. The highest BCUT2D eigenvalue weighted by Crippen LogP contribution is 2.30. The van der Waals surface area contributed by atoms with E-state index in [0.717, 1.165) is 19.3 Å². The van der Waals surface area contributed by atoms with E-state index in [2.05, 4.69) is 14.9 Å². The van der Waals surface area contributed by atoms with Crippen molar-refractivity contribution in [2.24, 2.45) is 17.9 Å². The van der Waals surface area contributed by atoms with Crippen molar-refractivity contribution in [2.45, 2.75) is 49.6 Å². The Kier molecular flexibility index (Phi) is 4.24. The van der Waals surface area contributed by atoms with Crippen molar-refractivity contribution in [3.63, 3.8) is 0 Å². The Balaban J connectivity index is 2.35. The van der Waals surface area contributed by atoms with E-state index >= 15 is 0 Å². The summed E-state index contributed by atoms with van der Waals surface area (Å²) in [7, 11) is -2.11. The second-order valence-electron chi connectivity index (χ2n) is 5.47. The van der Waals surface area contributed by atoms with Gasteiger partial charge in [-0.15, -0.1) is 0 Å². The average molecular weight is 315 g/mol. The lowest BCUT2D eigenvalue weighted by molar-refractivity contribution is 0.293. The fraction of sp³-hybridized carbons (Fsp3) is 0.667. The largest absolute Gasteiger partial charge is 0.409 e. The van der Waals surface area contributed by atoms with Crippen molar-refractivity contribution in [3.8, 4) is 0 Å². The monoisotopic (exact) mass is 315 g/mol. The predicted octanol–water partition coefficient (Wildman–Crippen LogP) is 0.456. The number of hydrogen-bond donors (Lipinski definition) is 3. The summed E-state index contributed by atoms with van der Waals surface area (Å²) in [5.74, 6) is 0.496. The summed E-state index contributed by atoms with van der Waals surface area (Å²) in [5, 5.41) is 11.9. The molecule has 0 amide bonds. The zero-order chi connectivity index (χ0) is 15.7. The topological polar surface area (TPSA) is 123 Å². The van der Waals surface area contributed by atoms with Crippen LogP contribution in [0.1, 0.15) is 37.9 Å². The molecule has 0 aliphatic heterocycles. The number of nitrogens with zero attached hydrogens (tertiary/aromatic N) is 3. The summed E-state index contributed by atoms with van der Waals surface area (Å²) < 4.78 is 29.3. The maximum Gasteiger partial charge on any atom is 0.260 e. The van der Waals surface area contributed by atoms with Crippen LogP contribution in [0.25, 0.3) is 0 Å². The van der Waals surface area contributed by atoms with Crippen LogP contribution in [0.15, 0.2) is 16.4 Å². The quantitative estimate of drug-likeness (QED) is 0.322. The van der Waals surface area contributed by atoms with Crippen LogP contribution in [-0.2, 0) is 17.1 Å². The molecule has 0 bridgehead atoms. The van der Waals surface area contributed by atoms with Crippen molar-refractivity contribution in [3.05, 3.63) is 12.0 Å². The number of amidine groups is 1. The highest BCUT2D eigenvalue weighted by molar-refractivity contribution is 7.89. The van der Waals surface area contributed by atoms with Crippen LogP contribution in [0, 0.1) is 6.92 Å². The van der Waals surface area contributed by atoms with E-state index in [1.807, 2.05) is 0 Å². The van der Waals surface area contributed by atoms with Gasteiger partial charge in [-0.3, -0.25) is 0 Å². The van der Waals surface area contributed by atoms with E-state index in [4.69, 9.17) is 10.9 Å². The molecule has 118 valence electrons. The fourth-order valence-electron chi connectivity index (χ4n) is 2.63. The van der Waals surface area contributed by atoms with Crippen LogP contribution in [0.5, 0.6) is 0 Å². The molecule has 0 saturated heterocycles. The van der Waals surface area contributed by atoms with Crippen LogP contribution in [0.2, 0.25) is 0 Å². The minimum absolute atomic E-state index is 0.0572. The van der Waals surface area contributed by atoms with Gasteiger partial charge in [-0.1, -0.05) is 24.4 Å². The van der Waals surface area contributed by atoms with Gasteiger partial charge >= 0.3 is 0 Å². The van der Waals surface area contributed by atoms with Crippen molar-refractivity contribution in [1.29, 1.82) is 0 Å². The molecule has 1 aliphatic carbocycles. The number of hydrogen-bond acceptors (Lipinski definition) is 5. The maximum absolute atomic E-state index is 12.5. The summed E-state index contributed by atoms with van der Waals surface area (Å²) in [6.07, 6.45) is 5.10. The standard InChI is InChI=1S/C12H21N5O3S/c1-9-14-10(8-17(9)2)21(19,20)16-12(11(13)15-18)6-4-3-5-7-12/h8,16,18H,3-7H2,1-2H3,(H2,13,15). The predicted molar refractivity (Wildman–Crippen MR) is 77.5 cm³/mol. The van der Waals surface area contributed by atoms with Gasteiger partial charge in [0.1, 0.15) is 5.82 Å². The summed E-state index contributed by atoms with van der Waals surface area (Å²) >= 11 is 0. The molecule has 9 heteroatoms. The van der Waals surface area contributed by atoms with E-state index in [0.29, 0.717) is 18.7 Å². The molecule has 2 rings (SSSR count). The average Bonchev–Trinajstić information content (AvgIpc) is 2.79. The molecule has 1 saturated carbocycles. The Morgan fingerprint density at radius 3 is 2.57 bits per heavy atom. The van der Waals surface area contributed by atoms with Crippen LogP contribution in [0.4, 0.5) is 0 Å². The normalized spacial score (nSPS) is 19.6. The minimum Gasteiger partial charge on any atom is -0.409 e. The molecule has 0 spiro atoms. The molecule has 0 atom stereocenters. The molecule has 1 heterocycles. The Morgan fingerprint density at radius 1 is 1.48 bits per heavy atom. The van der Waals surface area contributed by atoms with E-state index in [1.54, 1.807) is 18.5 Å². The molecule has 4 N–H and O–H groups in total. The molecular formula is C12H21N5O3S. The number of rotatable bonds is 4. The van der Waals surface area contributed by atoms with E-state index in [1.165, 1.54) is 6.20 Å². The van der Waals surface area contributed by atoms with Crippen molar-refractivity contribution in [1.82, 2.24) is 14.3 Å². The molecule has 21 heavy (non-hydrogen) atoms. The highest BCUT2D eigenvalue weighted by Gasteiger charge is 2.41. The van der Waals surface area contributed by atoms with Crippen LogP contribution < -0.4 is 10.5 Å². The number of aromatic nitrogens is 2. The Bertz CT molecular complexity index is 624. The molecule has 0 aromatic carbocycles. The Hall–Kier alpha value is -1.61. The maximum atomic E-state index is 12.5. The Morgan fingerprint density at radius 2 is 2.10 bits per heavy atom. The highest BCUT2D eigenvalue weighted by atomic mass is 32.2. The van der Waals surface area contributed by atoms with Gasteiger partial charge in [0, 0.05) is 13.2 Å². The van der Waals surface area contributed by atoms with E-state index < -0.39 is 15.6 Å². The number of imidazole rings is 1. The van der Waals surface area contributed by atoms with Crippen LogP contribution >= 0.6 is 0 Å². The number of nitrogens with one attached hydrogen (secondary N) is 1. The third-order valence-corrected chi connectivity index (χ3v) is 5.40. The smallest absolute Gasteiger partial charge is 0.260 e. The number of nitrogens with two attached hydrogens (primary N) is 1. The SMILES string of the molecule is Cc1nc(S(=O)(=O)NC2(C(N)=NO)CCCCC2)cn1C. The van der Waals surface area contributed by atoms with Gasteiger partial charge in [0.15, 0.2) is 10.9 Å². The van der Waals surface area contributed by atoms with E-state index in [9.17, 15) is 8.42 Å². The first-order chi connectivity index (χ1) is 9.81. The molecule has 1 fully saturated rings. The Labute approximate surface area is 124 Å². The first-order valence-corrected chi connectivity index (χ1v) is 8.31. The van der Waals surface area contributed by atoms with Gasteiger partial charge in [0.25, 0.3) is 10.0 Å². The van der Waals surface area contributed by atoms with Crippen molar-refractivity contribution < 1.29 is 13.6 Å². The first-order valence-electron chi connectivity index (χ1n) is 6.83. The summed E-state index contributed by atoms with van der Waals surface area (Å²) in [6.45, 7) is 1.72. The van der Waals surface area contributed by atoms with Crippen LogP contribution in [-0.4, -0.2) is 34.6 Å². The second-order valence-corrected chi connectivity index (χ2v) is 7.10. The van der Waals surface area contributed by atoms with Gasteiger partial charge in [-0.2, -0.15) is 4.72 Å². The molecule has 0 radical (unpaired) electrons. The zero-order valence-electron chi connectivity index (χ0n) is 12.2. The third-order valence-electron chi connectivity index (χ3n) is 4.00. The van der Waals surface area contributed by atoms with Crippen LogP contribution in [0.3, 0.4) is 0 Å². The summed E-state index contributed by atoms with van der Waals surface area (Å²) in [4.78, 5) is 4.03. The molecule has 1 aromatic rings. The molecule has 0 unspecified atom stereocenters. The van der Waals surface area contributed by atoms with Crippen molar-refractivity contribution in [2.75, 3.05) is 0 Å². The fourth-order valence-corrected chi connectivity index (χ4v) is 4.10. The second kappa shape index (κ2) is 5.64. The molecule has 8 nitrogen and oxygen atoms in total. The minimum atomic E-state index is -3.83. The molecule has 1 aliphatic rings. The summed E-state index contributed by atoms with van der Waals surface area (Å²) in [6, 6.07) is 0. The molecular weight excluding hydrogens is 294 g/mol. The lowest BCUT2D eigenvalue weighted by Gasteiger charge is -2.36. The van der Waals surface area contributed by atoms with Crippen molar-refractivity contribution >= 4 is 15.9 Å². The van der Waals surface area contributed by atoms with Gasteiger partial charge in [0.2, 0.25) is 0 Å². The third kappa shape index (κ3) is 3.03. The first kappa shape index (κ1) is 15.8. The van der Waals surface area contributed by atoms with Gasteiger partial charge in [0.05, 0.1) is 5.54 Å². The number of sulfonamides is 1.